The van der Waals surface area contributed by atoms with Gasteiger partial charge in [-0.3, -0.25) is 9.36 Å². The van der Waals surface area contributed by atoms with E-state index in [1.165, 1.54) is 23.0 Å². The number of aryl methyl sites for hydroxylation is 1. The van der Waals surface area contributed by atoms with Gasteiger partial charge in [0.2, 0.25) is 0 Å². The van der Waals surface area contributed by atoms with Crippen molar-refractivity contribution in [1.29, 1.82) is 0 Å². The Labute approximate surface area is 238 Å². The maximum absolute atomic E-state index is 14.0. The molecule has 0 unspecified atom stereocenters. The number of rotatable bonds is 5. The van der Waals surface area contributed by atoms with E-state index in [-0.39, 0.29) is 17.2 Å². The molecule has 0 saturated heterocycles. The van der Waals surface area contributed by atoms with Gasteiger partial charge >= 0.3 is 5.97 Å². The number of carbonyl (C=O) groups is 1. The number of methoxy groups -OCH3 is 1. The predicted molar refractivity (Wildman–Crippen MR) is 157 cm³/mol. The van der Waals surface area contributed by atoms with E-state index in [1.807, 2.05) is 30.3 Å². The summed E-state index contributed by atoms with van der Waals surface area (Å²) in [6.07, 6.45) is 3.39. The molecule has 3 aromatic carbocycles. The molecule has 1 aliphatic heterocycles. The van der Waals surface area contributed by atoms with Crippen LogP contribution in [-0.4, -0.2) is 22.8 Å². The van der Waals surface area contributed by atoms with Crippen molar-refractivity contribution in [3.8, 4) is 17.1 Å². The summed E-state index contributed by atoms with van der Waals surface area (Å²) in [4.78, 5) is 31.1. The number of para-hydroxylation sites is 1. The topological polar surface area (TPSA) is 94.0 Å². The molecule has 202 valence electrons. The number of hydrogen-bond acceptors (Lipinski definition) is 6. The van der Waals surface area contributed by atoms with Gasteiger partial charge in [0.1, 0.15) is 17.3 Å². The highest BCUT2D eigenvalue weighted by molar-refractivity contribution is 7.07. The van der Waals surface area contributed by atoms with Gasteiger partial charge in [-0.15, -0.1) is 0 Å². The van der Waals surface area contributed by atoms with Gasteiger partial charge in [0.25, 0.3) is 5.56 Å². The predicted octanol–water partition coefficient (Wildman–Crippen LogP) is 5.29. The average molecular weight is 561 g/mol. The number of thiazole rings is 1. The highest BCUT2D eigenvalue weighted by Gasteiger charge is 2.34. The van der Waals surface area contributed by atoms with Crippen LogP contribution in [0.2, 0.25) is 0 Å². The van der Waals surface area contributed by atoms with Crippen molar-refractivity contribution in [2.24, 2.45) is 4.99 Å². The third kappa shape index (κ3) is 4.24. The smallest absolute Gasteiger partial charge is 0.335 e. The lowest BCUT2D eigenvalue weighted by molar-refractivity contribution is 0.0697. The maximum atomic E-state index is 14.0. The van der Waals surface area contributed by atoms with E-state index < -0.39 is 5.97 Å². The summed E-state index contributed by atoms with van der Waals surface area (Å²) in [5.41, 5.74) is 5.97. The van der Waals surface area contributed by atoms with E-state index in [2.05, 4.69) is 18.2 Å². The molecule has 7 rings (SSSR count). The number of hydrogen-bond donors (Lipinski definition) is 1. The molecule has 8 heteroatoms. The third-order valence-corrected chi connectivity index (χ3v) is 8.58. The summed E-state index contributed by atoms with van der Waals surface area (Å²) >= 11 is 1.33. The SMILES string of the molecule is COc1ccccc1[C@H]1C2=C(N=c3s/c(=C/c4ccc(-c5cccc(C(=O)O)c5)o4)c(=O)n31)c1ccccc1CC2. The van der Waals surface area contributed by atoms with Gasteiger partial charge in [0.15, 0.2) is 4.80 Å². The standard InChI is InChI=1S/C33H24N2O5S/c1-39-27-12-5-4-11-24(27)30-25-15-13-19-7-2-3-10-23(19)29(25)34-33-35(30)31(36)28(41-33)18-22-14-16-26(40-22)20-8-6-9-21(17-20)32(37)38/h2-12,14,16-18,30H,13,15H2,1H3,(H,37,38)/b28-18+/t30-/m0/s1. The van der Waals surface area contributed by atoms with E-state index in [9.17, 15) is 14.7 Å². The summed E-state index contributed by atoms with van der Waals surface area (Å²) in [6, 6.07) is 25.9. The van der Waals surface area contributed by atoms with E-state index in [0.29, 0.717) is 26.4 Å². The summed E-state index contributed by atoms with van der Waals surface area (Å²) in [6.45, 7) is 0. The number of carboxylic acid groups (broad SMARTS) is 1. The number of carboxylic acids is 1. The lowest BCUT2D eigenvalue weighted by Crippen LogP contribution is -2.38. The van der Waals surface area contributed by atoms with Crippen molar-refractivity contribution in [3.05, 3.63) is 138 Å². The Balaban J connectivity index is 1.39. The molecule has 1 N–H and O–H groups in total. The first-order valence-corrected chi connectivity index (χ1v) is 14.0. The Hall–Kier alpha value is -4.95. The second kappa shape index (κ2) is 9.91. The minimum absolute atomic E-state index is 0.152. The Morgan fingerprint density at radius 1 is 1.05 bits per heavy atom. The number of ether oxygens (including phenoxy) is 1. The summed E-state index contributed by atoms with van der Waals surface area (Å²) in [5, 5.41) is 9.34. The number of furan rings is 1. The first-order valence-electron chi connectivity index (χ1n) is 13.2. The fourth-order valence-corrected chi connectivity index (χ4v) is 6.69. The van der Waals surface area contributed by atoms with Gasteiger partial charge in [0, 0.05) is 22.8 Å². The van der Waals surface area contributed by atoms with Crippen LogP contribution in [-0.2, 0) is 6.42 Å². The van der Waals surface area contributed by atoms with Gasteiger partial charge in [-0.2, -0.15) is 0 Å². The Morgan fingerprint density at radius 3 is 2.73 bits per heavy atom. The van der Waals surface area contributed by atoms with Crippen molar-refractivity contribution in [1.82, 2.24) is 4.57 Å². The summed E-state index contributed by atoms with van der Waals surface area (Å²) < 4.78 is 14.1. The molecule has 1 atom stereocenters. The molecule has 3 heterocycles. The lowest BCUT2D eigenvalue weighted by Gasteiger charge is -2.31. The molecule has 0 bridgehead atoms. The fraction of sp³-hybridized carbons (Fsp3) is 0.121. The first kappa shape index (κ1) is 25.0. The van der Waals surface area contributed by atoms with Gasteiger partial charge in [0.05, 0.1) is 28.9 Å². The van der Waals surface area contributed by atoms with Crippen LogP contribution in [0.15, 0.2) is 105 Å². The largest absolute Gasteiger partial charge is 0.496 e. The molecular weight excluding hydrogens is 536 g/mol. The Kier molecular flexibility index (Phi) is 6.05. The van der Waals surface area contributed by atoms with Crippen LogP contribution >= 0.6 is 11.3 Å². The molecule has 1 aliphatic carbocycles. The monoisotopic (exact) mass is 560 g/mol. The number of benzene rings is 3. The maximum Gasteiger partial charge on any atom is 0.335 e. The van der Waals surface area contributed by atoms with Gasteiger partial charge in [-0.05, 0) is 54.3 Å². The molecule has 0 fully saturated rings. The van der Waals surface area contributed by atoms with Crippen molar-refractivity contribution >= 4 is 29.1 Å². The minimum Gasteiger partial charge on any atom is -0.496 e. The average Bonchev–Trinajstić information content (AvgIpc) is 3.60. The molecule has 2 aromatic heterocycles. The van der Waals surface area contributed by atoms with Gasteiger partial charge < -0.3 is 14.3 Å². The van der Waals surface area contributed by atoms with E-state index in [4.69, 9.17) is 14.1 Å². The molecule has 0 saturated carbocycles. The second-order valence-corrected chi connectivity index (χ2v) is 11.0. The van der Waals surface area contributed by atoms with Crippen molar-refractivity contribution in [3.63, 3.8) is 0 Å². The highest BCUT2D eigenvalue weighted by atomic mass is 32.1. The van der Waals surface area contributed by atoms with Crippen molar-refractivity contribution in [2.75, 3.05) is 7.11 Å². The van der Waals surface area contributed by atoms with E-state index in [0.717, 1.165) is 41.0 Å². The zero-order valence-corrected chi connectivity index (χ0v) is 22.9. The van der Waals surface area contributed by atoms with Gasteiger partial charge in [-0.25, -0.2) is 9.79 Å². The van der Waals surface area contributed by atoms with Crippen LogP contribution in [0.1, 0.15) is 45.3 Å². The van der Waals surface area contributed by atoms with Gasteiger partial charge in [-0.1, -0.05) is 65.9 Å². The molecule has 7 nitrogen and oxygen atoms in total. The third-order valence-electron chi connectivity index (χ3n) is 7.60. The fourth-order valence-electron chi connectivity index (χ4n) is 5.71. The molecule has 0 radical (unpaired) electrons. The molecule has 41 heavy (non-hydrogen) atoms. The van der Waals surface area contributed by atoms with E-state index >= 15 is 0 Å². The van der Waals surface area contributed by atoms with Crippen LogP contribution < -0.4 is 19.6 Å². The highest BCUT2D eigenvalue weighted by Crippen LogP contribution is 2.43. The lowest BCUT2D eigenvalue weighted by atomic mass is 9.83. The van der Waals surface area contributed by atoms with Crippen LogP contribution in [0.25, 0.3) is 23.1 Å². The minimum atomic E-state index is -1.00. The zero-order chi connectivity index (χ0) is 28.1. The van der Waals surface area contributed by atoms with Crippen LogP contribution in [0.5, 0.6) is 5.75 Å². The van der Waals surface area contributed by atoms with Crippen molar-refractivity contribution < 1.29 is 19.1 Å². The molecule has 2 aliphatic rings. The normalized spacial score (nSPS) is 16.0. The van der Waals surface area contributed by atoms with E-state index in [1.54, 1.807) is 48.1 Å². The number of aromatic carboxylic acids is 1. The van der Waals surface area contributed by atoms with Crippen LogP contribution in [0, 0.1) is 0 Å². The Bertz CT molecular complexity index is 2060. The summed E-state index contributed by atoms with van der Waals surface area (Å²) in [7, 11) is 1.65. The molecule has 5 aromatic rings. The van der Waals surface area contributed by atoms with Crippen molar-refractivity contribution in [2.45, 2.75) is 18.9 Å². The first-order chi connectivity index (χ1) is 20.0. The molecule has 0 spiro atoms. The molecule has 0 amide bonds. The van der Waals surface area contributed by atoms with Crippen LogP contribution in [0.4, 0.5) is 0 Å². The summed E-state index contributed by atoms with van der Waals surface area (Å²) in [5.74, 6) is 0.730. The number of allylic oxidation sites excluding steroid dienone is 1. The number of aromatic nitrogens is 1. The number of nitrogens with zero attached hydrogens (tertiary/aromatic N) is 2. The quantitative estimate of drug-likeness (QED) is 0.316. The second-order valence-electron chi connectivity index (χ2n) is 9.94. The Morgan fingerprint density at radius 2 is 1.88 bits per heavy atom. The zero-order valence-electron chi connectivity index (χ0n) is 22.0. The molecular formula is C33H24N2O5S. The van der Waals surface area contributed by atoms with Crippen LogP contribution in [0.3, 0.4) is 0 Å². The number of fused-ring (bicyclic) bond motifs is 3.